The van der Waals surface area contributed by atoms with Gasteiger partial charge in [-0.05, 0) is 69.7 Å². The second kappa shape index (κ2) is 7.72. The van der Waals surface area contributed by atoms with Gasteiger partial charge in [-0.25, -0.2) is 0 Å². The fourth-order valence-corrected chi connectivity index (χ4v) is 3.67. The van der Waals surface area contributed by atoms with Crippen molar-refractivity contribution in [2.75, 3.05) is 6.54 Å². The number of benzene rings is 1. The molecule has 2 heterocycles. The molecule has 1 aromatic carbocycles. The summed E-state index contributed by atoms with van der Waals surface area (Å²) in [7, 11) is 0. The van der Waals surface area contributed by atoms with Crippen LogP contribution < -0.4 is 0 Å². The van der Waals surface area contributed by atoms with Crippen LogP contribution in [0.5, 0.6) is 5.75 Å². The molecule has 1 aromatic heterocycles. The maximum absolute atomic E-state index is 13.1. The van der Waals surface area contributed by atoms with Gasteiger partial charge in [-0.3, -0.25) is 9.48 Å². The van der Waals surface area contributed by atoms with Crippen molar-refractivity contribution in [3.8, 4) is 5.75 Å². The Hall–Kier alpha value is -2.30. The van der Waals surface area contributed by atoms with Crippen LogP contribution in [0.15, 0.2) is 30.3 Å². The summed E-state index contributed by atoms with van der Waals surface area (Å²) >= 11 is 0. The molecule has 25 heavy (non-hydrogen) atoms. The smallest absolute Gasteiger partial charge is 0.272 e. The molecule has 0 bridgehead atoms. The van der Waals surface area contributed by atoms with Crippen LogP contribution in [-0.2, 0) is 13.0 Å². The minimum Gasteiger partial charge on any atom is -0.508 e. The molecule has 1 N–H and O–H groups in total. The molecule has 134 valence electrons. The van der Waals surface area contributed by atoms with Crippen molar-refractivity contribution < 1.29 is 9.90 Å². The molecule has 0 spiro atoms. The lowest BCUT2D eigenvalue weighted by Crippen LogP contribution is -2.44. The third-order valence-corrected chi connectivity index (χ3v) is 5.01. The predicted octanol–water partition coefficient (Wildman–Crippen LogP) is 3.54. The van der Waals surface area contributed by atoms with Crippen molar-refractivity contribution >= 4 is 5.91 Å². The van der Waals surface area contributed by atoms with Crippen molar-refractivity contribution in [2.45, 2.75) is 58.5 Å². The summed E-state index contributed by atoms with van der Waals surface area (Å²) in [6.07, 6.45) is 5.18. The Balaban J connectivity index is 1.71. The normalized spacial score (nSPS) is 17.7. The first kappa shape index (κ1) is 17.5. The van der Waals surface area contributed by atoms with Crippen molar-refractivity contribution in [2.24, 2.45) is 0 Å². The van der Waals surface area contributed by atoms with E-state index in [1.807, 2.05) is 41.6 Å². The standard InChI is InChI=1S/C20H27N3O2/c1-3-23-19(14-15(2)21-23)20(25)22-13-5-4-6-17(22)10-7-16-8-11-18(24)12-9-16/h8-9,11-12,14,17,24H,3-7,10,13H2,1-2H3/t17-/m1/s1. The zero-order valence-electron chi connectivity index (χ0n) is 15.1. The molecule has 3 rings (SSSR count). The summed E-state index contributed by atoms with van der Waals surface area (Å²) in [4.78, 5) is 15.1. The van der Waals surface area contributed by atoms with E-state index in [2.05, 4.69) is 5.10 Å². The van der Waals surface area contributed by atoms with Crippen molar-refractivity contribution in [3.63, 3.8) is 0 Å². The molecule has 0 unspecified atom stereocenters. The number of aromatic hydroxyl groups is 1. The number of rotatable bonds is 5. The molecule has 1 saturated heterocycles. The molecule has 5 nitrogen and oxygen atoms in total. The highest BCUT2D eigenvalue weighted by Crippen LogP contribution is 2.24. The summed E-state index contributed by atoms with van der Waals surface area (Å²) in [5.74, 6) is 0.402. The van der Waals surface area contributed by atoms with Crippen molar-refractivity contribution in [1.82, 2.24) is 14.7 Å². The molecule has 2 aromatic rings. The van der Waals surface area contributed by atoms with Gasteiger partial charge >= 0.3 is 0 Å². The van der Waals surface area contributed by atoms with Gasteiger partial charge in [-0.2, -0.15) is 5.10 Å². The molecule has 1 amide bonds. The molecule has 1 fully saturated rings. The first-order chi connectivity index (χ1) is 12.1. The largest absolute Gasteiger partial charge is 0.508 e. The Morgan fingerprint density at radius 3 is 2.76 bits per heavy atom. The SMILES string of the molecule is CCn1nc(C)cc1C(=O)N1CCCC[C@@H]1CCc1ccc(O)cc1. The fraction of sp³-hybridized carbons (Fsp3) is 0.500. The summed E-state index contributed by atoms with van der Waals surface area (Å²) in [6, 6.07) is 9.54. The molecule has 1 aliphatic rings. The van der Waals surface area contributed by atoms with Gasteiger partial charge in [0.2, 0.25) is 0 Å². The van der Waals surface area contributed by atoms with Gasteiger partial charge in [0, 0.05) is 19.1 Å². The predicted molar refractivity (Wildman–Crippen MR) is 97.7 cm³/mol. The zero-order chi connectivity index (χ0) is 17.8. The summed E-state index contributed by atoms with van der Waals surface area (Å²) in [5, 5.41) is 13.8. The van der Waals surface area contributed by atoms with E-state index in [0.29, 0.717) is 18.0 Å². The highest BCUT2D eigenvalue weighted by molar-refractivity contribution is 5.93. The third-order valence-electron chi connectivity index (χ3n) is 5.01. The van der Waals surface area contributed by atoms with Gasteiger partial charge in [0.05, 0.1) is 5.69 Å². The number of carbonyl (C=O) groups excluding carboxylic acids is 1. The number of aromatic nitrogens is 2. The Morgan fingerprint density at radius 2 is 2.04 bits per heavy atom. The molecule has 0 radical (unpaired) electrons. The van der Waals surface area contributed by atoms with E-state index in [1.54, 1.807) is 12.1 Å². The van der Waals surface area contributed by atoms with Crippen LogP contribution in [0.1, 0.15) is 54.4 Å². The van der Waals surface area contributed by atoms with Gasteiger partial charge in [-0.1, -0.05) is 12.1 Å². The molecule has 1 aliphatic heterocycles. The number of likely N-dealkylation sites (tertiary alicyclic amines) is 1. The van der Waals surface area contributed by atoms with E-state index in [0.717, 1.165) is 37.9 Å². The van der Waals surface area contributed by atoms with Crippen LogP contribution in [0, 0.1) is 6.92 Å². The molecule has 0 saturated carbocycles. The Morgan fingerprint density at radius 1 is 1.28 bits per heavy atom. The lowest BCUT2D eigenvalue weighted by molar-refractivity contribution is 0.0589. The van der Waals surface area contributed by atoms with E-state index in [4.69, 9.17) is 0 Å². The highest BCUT2D eigenvalue weighted by Gasteiger charge is 2.29. The number of nitrogens with zero attached hydrogens (tertiary/aromatic N) is 3. The number of piperidine rings is 1. The Kier molecular flexibility index (Phi) is 5.41. The van der Waals surface area contributed by atoms with Crippen molar-refractivity contribution in [1.29, 1.82) is 0 Å². The number of amides is 1. The van der Waals surface area contributed by atoms with E-state index in [-0.39, 0.29) is 11.9 Å². The average Bonchev–Trinajstić information content (AvgIpc) is 3.02. The number of aryl methyl sites for hydroxylation is 3. The van der Waals surface area contributed by atoms with E-state index < -0.39 is 0 Å². The van der Waals surface area contributed by atoms with Crippen LogP contribution in [0.2, 0.25) is 0 Å². The van der Waals surface area contributed by atoms with E-state index >= 15 is 0 Å². The second-order valence-corrected chi connectivity index (χ2v) is 6.84. The van der Waals surface area contributed by atoms with Gasteiger partial charge in [0.1, 0.15) is 11.4 Å². The number of carbonyl (C=O) groups is 1. The molecular formula is C20H27N3O2. The van der Waals surface area contributed by atoms with Gasteiger partial charge in [0.15, 0.2) is 0 Å². The number of hydrogen-bond acceptors (Lipinski definition) is 3. The van der Waals surface area contributed by atoms with Crippen LogP contribution in [0.4, 0.5) is 0 Å². The second-order valence-electron chi connectivity index (χ2n) is 6.84. The first-order valence-corrected chi connectivity index (χ1v) is 9.22. The summed E-state index contributed by atoms with van der Waals surface area (Å²) in [5.41, 5.74) is 2.80. The minimum atomic E-state index is 0.109. The van der Waals surface area contributed by atoms with Gasteiger partial charge < -0.3 is 10.0 Å². The number of phenolic OH excluding ortho intramolecular Hbond substituents is 1. The molecular weight excluding hydrogens is 314 g/mol. The van der Waals surface area contributed by atoms with Crippen molar-refractivity contribution in [3.05, 3.63) is 47.3 Å². The summed E-state index contributed by atoms with van der Waals surface area (Å²) in [6.45, 7) is 5.48. The number of phenols is 1. The quantitative estimate of drug-likeness (QED) is 0.905. The van der Waals surface area contributed by atoms with Crippen LogP contribution in [-0.4, -0.2) is 38.3 Å². The van der Waals surface area contributed by atoms with Gasteiger partial charge in [0.25, 0.3) is 5.91 Å². The lowest BCUT2D eigenvalue weighted by Gasteiger charge is -2.36. The van der Waals surface area contributed by atoms with E-state index in [9.17, 15) is 9.90 Å². The number of hydrogen-bond donors (Lipinski definition) is 1. The highest BCUT2D eigenvalue weighted by atomic mass is 16.3. The van der Waals surface area contributed by atoms with Crippen LogP contribution >= 0.6 is 0 Å². The van der Waals surface area contributed by atoms with E-state index in [1.165, 1.54) is 12.0 Å². The molecule has 0 aliphatic carbocycles. The lowest BCUT2D eigenvalue weighted by atomic mass is 9.95. The minimum absolute atomic E-state index is 0.109. The Labute approximate surface area is 149 Å². The average molecular weight is 341 g/mol. The topological polar surface area (TPSA) is 58.4 Å². The first-order valence-electron chi connectivity index (χ1n) is 9.22. The Bertz CT molecular complexity index is 721. The monoisotopic (exact) mass is 341 g/mol. The zero-order valence-corrected chi connectivity index (χ0v) is 15.1. The molecule has 1 atom stereocenters. The molecule has 5 heteroatoms. The van der Waals surface area contributed by atoms with Gasteiger partial charge in [-0.15, -0.1) is 0 Å². The van der Waals surface area contributed by atoms with Crippen LogP contribution in [0.3, 0.4) is 0 Å². The fourth-order valence-electron chi connectivity index (χ4n) is 3.67. The maximum atomic E-state index is 13.1. The maximum Gasteiger partial charge on any atom is 0.272 e. The third kappa shape index (κ3) is 4.03. The summed E-state index contributed by atoms with van der Waals surface area (Å²) < 4.78 is 1.81. The van der Waals surface area contributed by atoms with Crippen LogP contribution in [0.25, 0.3) is 0 Å².